The lowest BCUT2D eigenvalue weighted by Gasteiger charge is -2.50. The molecule has 8 nitrogen and oxygen atoms in total. The minimum atomic E-state index is -1.22. The number of anilines is 1. The van der Waals surface area contributed by atoms with Crippen LogP contribution in [0.25, 0.3) is 0 Å². The quantitative estimate of drug-likeness (QED) is 0.570. The fraction of sp³-hybridized carbons (Fsp3) is 0.440. The van der Waals surface area contributed by atoms with Crippen molar-refractivity contribution in [3.8, 4) is 5.75 Å². The number of nitrogens with zero attached hydrogens (tertiary/aromatic N) is 2. The second kappa shape index (κ2) is 9.40. The molecule has 0 aliphatic carbocycles. The Morgan fingerprint density at radius 3 is 2.50 bits per heavy atom. The number of pyridine rings is 1. The van der Waals surface area contributed by atoms with Gasteiger partial charge in [-0.1, -0.05) is 38.1 Å². The monoisotopic (exact) mass is 471 g/mol. The van der Waals surface area contributed by atoms with Gasteiger partial charge in [-0.05, 0) is 30.9 Å². The topological polar surface area (TPSA) is 109 Å². The zero-order valence-corrected chi connectivity index (χ0v) is 20.0. The molecule has 0 radical (unpaired) electrons. The van der Waals surface area contributed by atoms with Gasteiger partial charge in [0, 0.05) is 25.6 Å². The van der Waals surface area contributed by atoms with E-state index in [0.29, 0.717) is 0 Å². The van der Waals surface area contributed by atoms with Crippen molar-refractivity contribution in [2.75, 3.05) is 25.5 Å². The highest BCUT2D eigenvalue weighted by Crippen LogP contribution is 2.41. The van der Waals surface area contributed by atoms with Crippen molar-refractivity contribution in [2.24, 2.45) is 5.41 Å². The van der Waals surface area contributed by atoms with E-state index in [1.54, 1.807) is 0 Å². The number of aromatic nitrogens is 1. The van der Waals surface area contributed by atoms with Gasteiger partial charge in [-0.2, -0.15) is 4.39 Å². The van der Waals surface area contributed by atoms with Gasteiger partial charge in [0.05, 0.1) is 18.7 Å². The maximum absolute atomic E-state index is 13.7. The predicted octanol–water partition coefficient (Wildman–Crippen LogP) is 3.57. The number of nitrogens with one attached hydrogen (secondary N) is 1. The van der Waals surface area contributed by atoms with Crippen molar-refractivity contribution in [3.05, 3.63) is 53.6 Å². The molecule has 9 heteroatoms. The Bertz CT molecular complexity index is 1110. The largest absolute Gasteiger partial charge is 0.494 e. The minimum Gasteiger partial charge on any atom is -0.494 e. The molecule has 0 unspecified atom stereocenters. The number of ether oxygens (including phenoxy) is 1. The fourth-order valence-electron chi connectivity index (χ4n) is 4.14. The first kappa shape index (κ1) is 25.1. The van der Waals surface area contributed by atoms with Crippen molar-refractivity contribution in [1.29, 1.82) is 0 Å². The van der Waals surface area contributed by atoms with E-state index in [2.05, 4.69) is 10.3 Å². The average molecular weight is 472 g/mol. The lowest BCUT2D eigenvalue weighted by atomic mass is 9.69. The van der Waals surface area contributed by atoms with E-state index < -0.39 is 22.7 Å². The van der Waals surface area contributed by atoms with Crippen molar-refractivity contribution >= 4 is 23.5 Å². The van der Waals surface area contributed by atoms with E-state index in [1.807, 2.05) is 38.1 Å². The number of likely N-dealkylation sites (tertiary alicyclic amines) is 1. The number of carboxylic acids is 1. The van der Waals surface area contributed by atoms with Crippen LogP contribution >= 0.6 is 0 Å². The summed E-state index contributed by atoms with van der Waals surface area (Å²) in [6, 6.07) is 8.64. The maximum atomic E-state index is 13.7. The van der Waals surface area contributed by atoms with Gasteiger partial charge in [-0.25, -0.2) is 4.98 Å². The highest BCUT2D eigenvalue weighted by molar-refractivity contribution is 6.03. The molecule has 2 amide bonds. The first-order valence-corrected chi connectivity index (χ1v) is 11.0. The van der Waals surface area contributed by atoms with Crippen molar-refractivity contribution in [1.82, 2.24) is 9.88 Å². The summed E-state index contributed by atoms with van der Waals surface area (Å²) in [5.41, 5.74) is -0.311. The first-order valence-electron chi connectivity index (χ1n) is 11.0. The van der Waals surface area contributed by atoms with Gasteiger partial charge >= 0.3 is 5.97 Å². The summed E-state index contributed by atoms with van der Waals surface area (Å²) in [5.74, 6) is -2.27. The van der Waals surface area contributed by atoms with Gasteiger partial charge in [0.15, 0.2) is 0 Å². The number of halogens is 1. The Kier molecular flexibility index (Phi) is 6.95. The molecule has 34 heavy (non-hydrogen) atoms. The highest BCUT2D eigenvalue weighted by Gasteiger charge is 2.54. The molecule has 0 bridgehead atoms. The molecule has 1 fully saturated rings. The van der Waals surface area contributed by atoms with Gasteiger partial charge in [-0.15, -0.1) is 0 Å². The van der Waals surface area contributed by atoms with Gasteiger partial charge in [-0.3, -0.25) is 14.4 Å². The molecule has 2 N–H and O–H groups in total. The van der Waals surface area contributed by atoms with Crippen LogP contribution in [0.15, 0.2) is 36.5 Å². The van der Waals surface area contributed by atoms with Crippen molar-refractivity contribution < 1.29 is 28.6 Å². The van der Waals surface area contributed by atoms with Crippen LogP contribution in [0.4, 0.5) is 10.1 Å². The number of benzene rings is 1. The van der Waals surface area contributed by atoms with Crippen LogP contribution < -0.4 is 10.1 Å². The SMILES string of the molecule is COc1cc(F)ncc1NC(=O)C1(c2ccccc2C(C)C)CN(C(=O)CC(C)(C)C(=O)O)C1. The van der Waals surface area contributed by atoms with E-state index in [0.717, 1.165) is 17.2 Å². The minimum absolute atomic E-state index is 0.0913. The second-order valence-electron chi connectivity index (χ2n) is 9.60. The lowest BCUT2D eigenvalue weighted by molar-refractivity contribution is -0.155. The molecule has 182 valence electrons. The summed E-state index contributed by atoms with van der Waals surface area (Å²) in [7, 11) is 1.36. The fourth-order valence-corrected chi connectivity index (χ4v) is 4.14. The molecule has 1 saturated heterocycles. The number of aliphatic carboxylic acids is 1. The van der Waals surface area contributed by atoms with Crippen LogP contribution in [0, 0.1) is 11.4 Å². The summed E-state index contributed by atoms with van der Waals surface area (Å²) < 4.78 is 18.7. The van der Waals surface area contributed by atoms with Gasteiger partial charge < -0.3 is 20.1 Å². The molecule has 0 spiro atoms. The number of hydrogen-bond donors (Lipinski definition) is 2. The smallest absolute Gasteiger partial charge is 0.309 e. The molecular formula is C25H30FN3O5. The summed E-state index contributed by atoms with van der Waals surface area (Å²) >= 11 is 0. The zero-order valence-electron chi connectivity index (χ0n) is 20.0. The van der Waals surface area contributed by atoms with Gasteiger partial charge in [0.25, 0.3) is 0 Å². The van der Waals surface area contributed by atoms with Crippen LogP contribution in [-0.2, 0) is 19.8 Å². The maximum Gasteiger partial charge on any atom is 0.309 e. The first-order chi connectivity index (χ1) is 15.9. The van der Waals surface area contributed by atoms with Crippen LogP contribution in [0.1, 0.15) is 51.2 Å². The standard InChI is InChI=1S/C25H30FN3O5/c1-15(2)16-8-6-7-9-17(16)25(13-29(14-25)21(30)11-24(3,4)23(32)33)22(31)28-18-12-27-20(26)10-19(18)34-5/h6-10,12,15H,11,13-14H2,1-5H3,(H,28,31)(H,32,33). The summed E-state index contributed by atoms with van der Waals surface area (Å²) in [6.07, 6.45) is 1.01. The number of carboxylic acid groups (broad SMARTS) is 1. The van der Waals surface area contributed by atoms with E-state index in [-0.39, 0.29) is 48.7 Å². The Morgan fingerprint density at radius 2 is 1.91 bits per heavy atom. The third-order valence-electron chi connectivity index (χ3n) is 6.28. The number of carbonyl (C=O) groups excluding carboxylic acids is 2. The Morgan fingerprint density at radius 1 is 1.26 bits per heavy atom. The Labute approximate surface area is 198 Å². The van der Waals surface area contributed by atoms with Crippen LogP contribution in [0.2, 0.25) is 0 Å². The number of amides is 2. The van der Waals surface area contributed by atoms with Gasteiger partial charge in [0.2, 0.25) is 17.8 Å². The average Bonchev–Trinajstić information content (AvgIpc) is 2.74. The third kappa shape index (κ3) is 4.73. The molecule has 0 saturated carbocycles. The molecule has 1 aliphatic heterocycles. The molecule has 1 aromatic carbocycles. The second-order valence-corrected chi connectivity index (χ2v) is 9.60. The molecule has 2 aromatic rings. The summed E-state index contributed by atoms with van der Waals surface area (Å²) in [4.78, 5) is 43.1. The van der Waals surface area contributed by atoms with Crippen LogP contribution in [0.3, 0.4) is 0 Å². The summed E-state index contributed by atoms with van der Waals surface area (Å²) in [5, 5.41) is 12.2. The predicted molar refractivity (Wildman–Crippen MR) is 124 cm³/mol. The molecule has 0 atom stereocenters. The third-order valence-corrected chi connectivity index (χ3v) is 6.28. The zero-order chi connectivity index (χ0) is 25.3. The van der Waals surface area contributed by atoms with Crippen LogP contribution in [-0.4, -0.2) is 53.0 Å². The van der Waals surface area contributed by atoms with Crippen molar-refractivity contribution in [2.45, 2.75) is 45.4 Å². The normalized spacial score (nSPS) is 15.0. The molecule has 3 rings (SSSR count). The van der Waals surface area contributed by atoms with E-state index >= 15 is 0 Å². The number of methoxy groups -OCH3 is 1. The summed E-state index contributed by atoms with van der Waals surface area (Å²) in [6.45, 7) is 7.22. The number of hydrogen-bond acceptors (Lipinski definition) is 5. The van der Waals surface area contributed by atoms with Crippen molar-refractivity contribution in [3.63, 3.8) is 0 Å². The van der Waals surface area contributed by atoms with E-state index in [9.17, 15) is 23.9 Å². The Balaban J connectivity index is 1.95. The van der Waals surface area contributed by atoms with E-state index in [4.69, 9.17) is 4.74 Å². The molecular weight excluding hydrogens is 441 g/mol. The van der Waals surface area contributed by atoms with Crippen LogP contribution in [0.5, 0.6) is 5.75 Å². The number of rotatable bonds is 8. The Hall–Kier alpha value is -3.49. The highest BCUT2D eigenvalue weighted by atomic mass is 19.1. The number of carbonyl (C=O) groups is 3. The lowest BCUT2D eigenvalue weighted by Crippen LogP contribution is -2.67. The van der Waals surface area contributed by atoms with E-state index in [1.165, 1.54) is 32.1 Å². The molecule has 1 aliphatic rings. The van der Waals surface area contributed by atoms with Gasteiger partial charge in [0.1, 0.15) is 16.9 Å². The molecule has 2 heterocycles. The molecule has 1 aromatic heterocycles.